The molecule has 4 heteroatoms. The van der Waals surface area contributed by atoms with Crippen LogP contribution in [0.25, 0.3) is 11.0 Å². The van der Waals surface area contributed by atoms with E-state index in [-0.39, 0.29) is 0 Å². The summed E-state index contributed by atoms with van der Waals surface area (Å²) in [5.41, 5.74) is 9.59. The molecule has 2 aromatic rings. The third-order valence-corrected chi connectivity index (χ3v) is 2.43. The molecule has 0 atom stereocenters. The average molecular weight is 226 g/mol. The van der Waals surface area contributed by atoms with Gasteiger partial charge in [-0.15, -0.1) is 0 Å². The van der Waals surface area contributed by atoms with Gasteiger partial charge in [0.2, 0.25) is 0 Å². The number of benzene rings is 1. The minimum Gasteiger partial charge on any atom is -0.398 e. The van der Waals surface area contributed by atoms with Crippen molar-refractivity contribution >= 4 is 32.7 Å². The first-order valence-corrected chi connectivity index (χ1v) is 4.71. The van der Waals surface area contributed by atoms with Gasteiger partial charge in [0.05, 0.1) is 17.4 Å². The summed E-state index contributed by atoms with van der Waals surface area (Å²) in [6.45, 7) is 0. The standard InChI is InChI=1S/C8H8BrN3/c9-3-5-1-7-8(2-6(5)10)12-4-11-7/h1-2,4H,3,10H2,(H,11,12). The summed E-state index contributed by atoms with van der Waals surface area (Å²) < 4.78 is 0. The molecule has 1 aromatic heterocycles. The molecule has 0 unspecified atom stereocenters. The number of nitrogen functional groups attached to an aromatic ring is 1. The minimum atomic E-state index is 0.772. The SMILES string of the molecule is Nc1cc2nc[nH]c2cc1CBr. The summed E-state index contributed by atoms with van der Waals surface area (Å²) in [4.78, 5) is 7.14. The van der Waals surface area contributed by atoms with Crippen LogP contribution in [-0.4, -0.2) is 9.97 Å². The van der Waals surface area contributed by atoms with Gasteiger partial charge in [-0.05, 0) is 17.7 Å². The van der Waals surface area contributed by atoms with Gasteiger partial charge in [-0.1, -0.05) is 15.9 Å². The van der Waals surface area contributed by atoms with Crippen LogP contribution >= 0.6 is 15.9 Å². The molecule has 2 rings (SSSR count). The molecule has 0 aliphatic heterocycles. The number of aromatic amines is 1. The number of hydrogen-bond donors (Lipinski definition) is 2. The molecule has 0 spiro atoms. The minimum absolute atomic E-state index is 0.772. The monoisotopic (exact) mass is 225 g/mol. The molecule has 0 aliphatic carbocycles. The van der Waals surface area contributed by atoms with Crippen LogP contribution in [0.1, 0.15) is 5.56 Å². The van der Waals surface area contributed by atoms with Crippen LogP contribution in [0.5, 0.6) is 0 Å². The van der Waals surface area contributed by atoms with Crippen LogP contribution in [0.2, 0.25) is 0 Å². The number of fused-ring (bicyclic) bond motifs is 1. The number of aromatic nitrogens is 2. The number of imidazole rings is 1. The van der Waals surface area contributed by atoms with Gasteiger partial charge in [-0.3, -0.25) is 0 Å². The van der Waals surface area contributed by atoms with E-state index < -0.39 is 0 Å². The molecule has 0 amide bonds. The lowest BCUT2D eigenvalue weighted by molar-refractivity contribution is 1.34. The van der Waals surface area contributed by atoms with Gasteiger partial charge >= 0.3 is 0 Å². The first kappa shape index (κ1) is 7.61. The number of nitrogens with two attached hydrogens (primary N) is 1. The van der Waals surface area contributed by atoms with Gasteiger partial charge < -0.3 is 10.7 Å². The Balaban J connectivity index is 2.73. The summed E-state index contributed by atoms with van der Waals surface area (Å²) in [6, 6.07) is 3.88. The summed E-state index contributed by atoms with van der Waals surface area (Å²) in [5, 5.41) is 0.772. The maximum atomic E-state index is 5.77. The molecule has 0 radical (unpaired) electrons. The highest BCUT2D eigenvalue weighted by atomic mass is 79.9. The Labute approximate surface area is 78.1 Å². The second-order valence-electron chi connectivity index (χ2n) is 2.60. The number of nitrogens with zero attached hydrogens (tertiary/aromatic N) is 1. The molecule has 0 bridgehead atoms. The van der Waals surface area contributed by atoms with Crippen molar-refractivity contribution in [2.45, 2.75) is 5.33 Å². The molecule has 1 aromatic carbocycles. The fraction of sp³-hybridized carbons (Fsp3) is 0.125. The average Bonchev–Trinajstić information content (AvgIpc) is 2.49. The van der Waals surface area contributed by atoms with Crippen molar-refractivity contribution in [1.29, 1.82) is 0 Å². The first-order valence-electron chi connectivity index (χ1n) is 3.58. The van der Waals surface area contributed by atoms with Gasteiger partial charge in [0.25, 0.3) is 0 Å². The maximum Gasteiger partial charge on any atom is 0.0931 e. The lowest BCUT2D eigenvalue weighted by atomic mass is 10.2. The molecule has 12 heavy (non-hydrogen) atoms. The first-order chi connectivity index (χ1) is 5.81. The number of halogens is 1. The van der Waals surface area contributed by atoms with Crippen LogP contribution in [0.15, 0.2) is 18.5 Å². The lowest BCUT2D eigenvalue weighted by Crippen LogP contribution is -1.91. The highest BCUT2D eigenvalue weighted by Gasteiger charge is 2.01. The molecule has 3 N–H and O–H groups in total. The van der Waals surface area contributed by atoms with Crippen molar-refractivity contribution in [3.05, 3.63) is 24.0 Å². The van der Waals surface area contributed by atoms with Gasteiger partial charge in [0, 0.05) is 11.0 Å². The van der Waals surface area contributed by atoms with Crippen molar-refractivity contribution in [3.63, 3.8) is 0 Å². The molecule has 62 valence electrons. The van der Waals surface area contributed by atoms with E-state index in [0.717, 1.165) is 27.6 Å². The molecule has 0 aliphatic rings. The Morgan fingerprint density at radius 3 is 3.08 bits per heavy atom. The summed E-state index contributed by atoms with van der Waals surface area (Å²) in [6.07, 6.45) is 1.67. The van der Waals surface area contributed by atoms with Crippen molar-refractivity contribution in [1.82, 2.24) is 9.97 Å². The number of alkyl halides is 1. The highest BCUT2D eigenvalue weighted by molar-refractivity contribution is 9.08. The highest BCUT2D eigenvalue weighted by Crippen LogP contribution is 2.20. The molecule has 0 saturated carbocycles. The third-order valence-electron chi connectivity index (χ3n) is 1.83. The third kappa shape index (κ3) is 1.08. The summed E-state index contributed by atoms with van der Waals surface area (Å²) in [7, 11) is 0. The number of hydrogen-bond acceptors (Lipinski definition) is 2. The number of H-pyrrole nitrogens is 1. The van der Waals surface area contributed by atoms with Gasteiger partial charge in [-0.2, -0.15) is 0 Å². The van der Waals surface area contributed by atoms with E-state index in [0.29, 0.717) is 0 Å². The smallest absolute Gasteiger partial charge is 0.0931 e. The molecule has 0 saturated heterocycles. The van der Waals surface area contributed by atoms with Crippen LogP contribution in [0, 0.1) is 0 Å². The van der Waals surface area contributed by atoms with E-state index in [4.69, 9.17) is 5.73 Å². The second kappa shape index (κ2) is 2.79. The van der Waals surface area contributed by atoms with E-state index >= 15 is 0 Å². The van der Waals surface area contributed by atoms with E-state index in [1.807, 2.05) is 12.1 Å². The fourth-order valence-corrected chi connectivity index (χ4v) is 1.64. The zero-order valence-electron chi connectivity index (χ0n) is 6.34. The predicted octanol–water partition coefficient (Wildman–Crippen LogP) is 2.04. The fourth-order valence-electron chi connectivity index (χ4n) is 1.16. The Morgan fingerprint density at radius 2 is 2.33 bits per heavy atom. The second-order valence-corrected chi connectivity index (χ2v) is 3.17. The van der Waals surface area contributed by atoms with Crippen LogP contribution in [0.3, 0.4) is 0 Å². The van der Waals surface area contributed by atoms with Gasteiger partial charge in [0.15, 0.2) is 0 Å². The summed E-state index contributed by atoms with van der Waals surface area (Å²) in [5.74, 6) is 0. The van der Waals surface area contributed by atoms with E-state index in [2.05, 4.69) is 25.9 Å². The van der Waals surface area contributed by atoms with Crippen molar-refractivity contribution in [2.75, 3.05) is 5.73 Å². The number of rotatable bonds is 1. The van der Waals surface area contributed by atoms with Gasteiger partial charge in [0.1, 0.15) is 0 Å². The van der Waals surface area contributed by atoms with Crippen LogP contribution in [-0.2, 0) is 5.33 Å². The number of anilines is 1. The molecule has 3 nitrogen and oxygen atoms in total. The van der Waals surface area contributed by atoms with Gasteiger partial charge in [-0.25, -0.2) is 4.98 Å². The lowest BCUT2D eigenvalue weighted by Gasteiger charge is -2.00. The van der Waals surface area contributed by atoms with Crippen molar-refractivity contribution in [2.24, 2.45) is 0 Å². The molecular formula is C8H8BrN3. The van der Waals surface area contributed by atoms with Crippen molar-refractivity contribution in [3.8, 4) is 0 Å². The zero-order chi connectivity index (χ0) is 8.55. The zero-order valence-corrected chi connectivity index (χ0v) is 7.93. The van der Waals surface area contributed by atoms with Crippen LogP contribution < -0.4 is 5.73 Å². The Bertz CT molecular complexity index is 408. The van der Waals surface area contributed by atoms with E-state index in [1.165, 1.54) is 0 Å². The van der Waals surface area contributed by atoms with Crippen LogP contribution in [0.4, 0.5) is 5.69 Å². The normalized spacial score (nSPS) is 10.8. The largest absolute Gasteiger partial charge is 0.398 e. The topological polar surface area (TPSA) is 54.7 Å². The Hall–Kier alpha value is -1.03. The van der Waals surface area contributed by atoms with E-state index in [1.54, 1.807) is 6.33 Å². The molecular weight excluding hydrogens is 218 g/mol. The van der Waals surface area contributed by atoms with Crippen molar-refractivity contribution < 1.29 is 0 Å². The Morgan fingerprint density at radius 1 is 1.50 bits per heavy atom. The quantitative estimate of drug-likeness (QED) is 0.577. The molecule has 0 fully saturated rings. The molecule has 1 heterocycles. The number of nitrogens with one attached hydrogen (secondary N) is 1. The van der Waals surface area contributed by atoms with E-state index in [9.17, 15) is 0 Å². The summed E-state index contributed by atoms with van der Waals surface area (Å²) >= 11 is 3.37. The Kier molecular flexibility index (Phi) is 1.77. The predicted molar refractivity (Wildman–Crippen MR) is 53.1 cm³/mol. The maximum absolute atomic E-state index is 5.77.